The third kappa shape index (κ3) is 3.11. The smallest absolute Gasteiger partial charge is 0.0850 e. The van der Waals surface area contributed by atoms with Crippen molar-refractivity contribution in [3.63, 3.8) is 0 Å². The summed E-state index contributed by atoms with van der Waals surface area (Å²) in [5.41, 5.74) is 9.11. The largest absolute Gasteiger partial charge is 0.324 e. The molecule has 0 aliphatic rings. The second-order valence-electron chi connectivity index (χ2n) is 4.55. The van der Waals surface area contributed by atoms with Gasteiger partial charge in [0.15, 0.2) is 0 Å². The summed E-state index contributed by atoms with van der Waals surface area (Å²) in [4.78, 5) is 0. The van der Waals surface area contributed by atoms with Crippen LogP contribution in [0.4, 0.5) is 0 Å². The monoisotopic (exact) mass is 297 g/mol. The van der Waals surface area contributed by atoms with Crippen molar-refractivity contribution in [1.29, 1.82) is 0 Å². The first-order valence-electron chi connectivity index (χ1n) is 6.24. The topological polar surface area (TPSA) is 43.8 Å². The van der Waals surface area contributed by atoms with Gasteiger partial charge < -0.3 is 5.73 Å². The number of nitrogens with zero attached hydrogens (tertiary/aromatic N) is 2. The maximum absolute atomic E-state index is 6.33. The van der Waals surface area contributed by atoms with Crippen LogP contribution in [0.3, 0.4) is 0 Å². The van der Waals surface area contributed by atoms with Crippen LogP contribution in [0, 0.1) is 0 Å². The zero-order chi connectivity index (χ0) is 14.0. The molecule has 3 nitrogen and oxygen atoms in total. The van der Waals surface area contributed by atoms with Crippen LogP contribution >= 0.6 is 23.2 Å². The lowest BCUT2D eigenvalue weighted by atomic mass is 10.0. The molecule has 2 aromatic rings. The Hall–Kier alpha value is -1.03. The molecular formula is C14H17Cl2N3. The standard InChI is InChI=1S/C14H17Cl2N3/c1-3-12-14(16)13(19(2)18-12)8-11(17)9-5-4-6-10(15)7-9/h4-7,11H,3,8,17H2,1-2H3. The van der Waals surface area contributed by atoms with Gasteiger partial charge in [0.25, 0.3) is 0 Å². The van der Waals surface area contributed by atoms with E-state index in [0.717, 1.165) is 28.4 Å². The predicted molar refractivity (Wildman–Crippen MR) is 79.7 cm³/mol. The van der Waals surface area contributed by atoms with Crippen molar-refractivity contribution in [3.05, 3.63) is 51.3 Å². The van der Waals surface area contributed by atoms with E-state index < -0.39 is 0 Å². The fourth-order valence-electron chi connectivity index (χ4n) is 2.10. The molecule has 1 atom stereocenters. The van der Waals surface area contributed by atoms with Crippen molar-refractivity contribution in [1.82, 2.24) is 9.78 Å². The van der Waals surface area contributed by atoms with Crippen molar-refractivity contribution in [2.75, 3.05) is 0 Å². The van der Waals surface area contributed by atoms with Gasteiger partial charge in [-0.2, -0.15) is 5.10 Å². The molecule has 1 aromatic carbocycles. The highest BCUT2D eigenvalue weighted by molar-refractivity contribution is 6.32. The Labute approximate surface area is 123 Å². The third-order valence-corrected chi connectivity index (χ3v) is 3.86. The van der Waals surface area contributed by atoms with Crippen LogP contribution in [-0.2, 0) is 19.9 Å². The maximum atomic E-state index is 6.33. The normalized spacial score (nSPS) is 12.7. The van der Waals surface area contributed by atoms with Crippen molar-refractivity contribution in [2.24, 2.45) is 12.8 Å². The molecule has 0 saturated carbocycles. The van der Waals surface area contributed by atoms with E-state index >= 15 is 0 Å². The summed E-state index contributed by atoms with van der Waals surface area (Å²) >= 11 is 12.3. The van der Waals surface area contributed by atoms with Crippen molar-refractivity contribution < 1.29 is 0 Å². The molecule has 0 radical (unpaired) electrons. The molecule has 2 rings (SSSR count). The Morgan fingerprint density at radius 2 is 2.11 bits per heavy atom. The van der Waals surface area contributed by atoms with Crippen LogP contribution in [0.1, 0.15) is 29.9 Å². The molecule has 0 aliphatic heterocycles. The number of halogens is 2. The molecule has 0 saturated heterocycles. The quantitative estimate of drug-likeness (QED) is 0.938. The SMILES string of the molecule is CCc1nn(C)c(CC(N)c2cccc(Cl)c2)c1Cl. The highest BCUT2D eigenvalue weighted by Crippen LogP contribution is 2.26. The molecule has 1 unspecified atom stereocenters. The zero-order valence-corrected chi connectivity index (χ0v) is 12.5. The molecule has 5 heteroatoms. The highest BCUT2D eigenvalue weighted by atomic mass is 35.5. The minimum Gasteiger partial charge on any atom is -0.324 e. The number of benzene rings is 1. The van der Waals surface area contributed by atoms with Crippen LogP contribution in [0.15, 0.2) is 24.3 Å². The lowest BCUT2D eigenvalue weighted by molar-refractivity contribution is 0.638. The van der Waals surface area contributed by atoms with Crippen LogP contribution in [0.5, 0.6) is 0 Å². The van der Waals surface area contributed by atoms with E-state index in [1.54, 1.807) is 0 Å². The number of aromatic nitrogens is 2. The van der Waals surface area contributed by atoms with E-state index in [9.17, 15) is 0 Å². The summed E-state index contributed by atoms with van der Waals surface area (Å²) < 4.78 is 1.81. The molecule has 1 aromatic heterocycles. The average molecular weight is 298 g/mol. The highest BCUT2D eigenvalue weighted by Gasteiger charge is 2.17. The molecule has 0 spiro atoms. The fraction of sp³-hybridized carbons (Fsp3) is 0.357. The minimum atomic E-state index is -0.142. The number of hydrogen-bond donors (Lipinski definition) is 1. The Morgan fingerprint density at radius 1 is 1.37 bits per heavy atom. The predicted octanol–water partition coefficient (Wildman–Crippen LogP) is 3.53. The first-order chi connectivity index (χ1) is 9.02. The van der Waals surface area contributed by atoms with Gasteiger partial charge in [-0.05, 0) is 24.1 Å². The lowest BCUT2D eigenvalue weighted by Gasteiger charge is -2.13. The molecule has 0 bridgehead atoms. The molecule has 102 valence electrons. The zero-order valence-electron chi connectivity index (χ0n) is 11.0. The van der Waals surface area contributed by atoms with Gasteiger partial charge in [0.2, 0.25) is 0 Å². The van der Waals surface area contributed by atoms with E-state index in [1.165, 1.54) is 0 Å². The van der Waals surface area contributed by atoms with Gasteiger partial charge in [0, 0.05) is 24.5 Å². The lowest BCUT2D eigenvalue weighted by Crippen LogP contribution is -2.15. The second kappa shape index (κ2) is 5.95. The van der Waals surface area contributed by atoms with Crippen LogP contribution in [0.2, 0.25) is 10.0 Å². The van der Waals surface area contributed by atoms with Gasteiger partial charge >= 0.3 is 0 Å². The van der Waals surface area contributed by atoms with E-state index in [4.69, 9.17) is 28.9 Å². The molecule has 0 amide bonds. The maximum Gasteiger partial charge on any atom is 0.0850 e. The van der Waals surface area contributed by atoms with Gasteiger partial charge in [0.05, 0.1) is 16.4 Å². The van der Waals surface area contributed by atoms with E-state index in [1.807, 2.05) is 42.9 Å². The third-order valence-electron chi connectivity index (χ3n) is 3.19. The minimum absolute atomic E-state index is 0.142. The first-order valence-corrected chi connectivity index (χ1v) is 6.99. The molecular weight excluding hydrogens is 281 g/mol. The Kier molecular flexibility index (Phi) is 4.50. The Bertz CT molecular complexity index is 578. The van der Waals surface area contributed by atoms with Gasteiger partial charge in [-0.3, -0.25) is 4.68 Å². The molecule has 2 N–H and O–H groups in total. The molecule has 19 heavy (non-hydrogen) atoms. The van der Waals surface area contributed by atoms with E-state index in [0.29, 0.717) is 11.4 Å². The molecule has 1 heterocycles. The summed E-state index contributed by atoms with van der Waals surface area (Å²) in [5.74, 6) is 0. The van der Waals surface area contributed by atoms with Crippen molar-refractivity contribution in [3.8, 4) is 0 Å². The van der Waals surface area contributed by atoms with Crippen LogP contribution in [-0.4, -0.2) is 9.78 Å². The Morgan fingerprint density at radius 3 is 2.68 bits per heavy atom. The van der Waals surface area contributed by atoms with Gasteiger partial charge in [-0.25, -0.2) is 0 Å². The summed E-state index contributed by atoms with van der Waals surface area (Å²) in [5, 5.41) is 5.81. The summed E-state index contributed by atoms with van der Waals surface area (Å²) in [7, 11) is 1.89. The summed E-state index contributed by atoms with van der Waals surface area (Å²) in [6.07, 6.45) is 1.46. The van der Waals surface area contributed by atoms with Crippen LogP contribution in [0.25, 0.3) is 0 Å². The van der Waals surface area contributed by atoms with Crippen molar-refractivity contribution in [2.45, 2.75) is 25.8 Å². The van der Waals surface area contributed by atoms with Gasteiger partial charge in [0.1, 0.15) is 0 Å². The van der Waals surface area contributed by atoms with Gasteiger partial charge in [-0.15, -0.1) is 0 Å². The average Bonchev–Trinajstić information content (AvgIpc) is 2.66. The molecule has 0 fully saturated rings. The molecule has 0 aliphatic carbocycles. The van der Waals surface area contributed by atoms with Gasteiger partial charge in [-0.1, -0.05) is 42.3 Å². The number of nitrogens with two attached hydrogens (primary N) is 1. The summed E-state index contributed by atoms with van der Waals surface area (Å²) in [6, 6.07) is 7.46. The van der Waals surface area contributed by atoms with E-state index in [2.05, 4.69) is 5.10 Å². The second-order valence-corrected chi connectivity index (χ2v) is 5.36. The summed E-state index contributed by atoms with van der Waals surface area (Å²) in [6.45, 7) is 2.04. The first kappa shape index (κ1) is 14.4. The Balaban J connectivity index is 2.24. The van der Waals surface area contributed by atoms with E-state index in [-0.39, 0.29) is 6.04 Å². The fourth-order valence-corrected chi connectivity index (χ4v) is 2.67. The van der Waals surface area contributed by atoms with Crippen LogP contribution < -0.4 is 5.73 Å². The number of hydrogen-bond acceptors (Lipinski definition) is 2. The number of rotatable bonds is 4. The number of aryl methyl sites for hydroxylation is 2. The van der Waals surface area contributed by atoms with Crippen molar-refractivity contribution >= 4 is 23.2 Å².